The molecule has 0 unspecified atom stereocenters. The minimum atomic E-state index is -3.13. The minimum Gasteiger partial charge on any atom is -0.452 e. The highest BCUT2D eigenvalue weighted by atomic mass is 32.2. The van der Waals surface area contributed by atoms with Crippen molar-refractivity contribution >= 4 is 32.6 Å². The standard InChI is InChI=1S/C25H26N2O5S/c1-3-27(19-13-14-33(30,31)16-19)22(28)15-32-25(29)23-17(2)24(18-9-5-4-6-10-18)26-21-12-8-7-11-20(21)23/h4-12,19H,3,13-16H2,1-2H3/t19-/m0/s1. The molecule has 8 heteroatoms. The summed E-state index contributed by atoms with van der Waals surface area (Å²) in [5.74, 6) is -0.972. The fourth-order valence-corrected chi connectivity index (χ4v) is 6.12. The van der Waals surface area contributed by atoms with E-state index in [1.54, 1.807) is 6.92 Å². The SMILES string of the molecule is CCN(C(=O)COC(=O)c1c(C)c(-c2ccccc2)nc2ccccc12)[C@H]1CCS(=O)(=O)C1. The van der Waals surface area contributed by atoms with E-state index in [4.69, 9.17) is 9.72 Å². The Bertz CT molecular complexity index is 1310. The summed E-state index contributed by atoms with van der Waals surface area (Å²) in [5.41, 5.74) is 3.27. The molecular formula is C25H26N2O5S. The number of likely N-dealkylation sites (N-methyl/N-ethyl adjacent to an activating group) is 1. The molecule has 1 amide bonds. The van der Waals surface area contributed by atoms with Gasteiger partial charge in [0, 0.05) is 23.5 Å². The van der Waals surface area contributed by atoms with E-state index >= 15 is 0 Å². The van der Waals surface area contributed by atoms with Gasteiger partial charge in [-0.2, -0.15) is 0 Å². The van der Waals surface area contributed by atoms with E-state index in [-0.39, 0.29) is 17.5 Å². The molecule has 1 atom stereocenters. The molecular weight excluding hydrogens is 440 g/mol. The number of hydrogen-bond acceptors (Lipinski definition) is 6. The second-order valence-corrected chi connectivity index (χ2v) is 10.4. The van der Waals surface area contributed by atoms with Crippen LogP contribution in [-0.2, 0) is 19.4 Å². The van der Waals surface area contributed by atoms with Crippen LogP contribution in [-0.4, -0.2) is 60.9 Å². The average molecular weight is 467 g/mol. The van der Waals surface area contributed by atoms with Crippen LogP contribution in [0.2, 0.25) is 0 Å². The number of carbonyl (C=O) groups excluding carboxylic acids is 2. The Labute approximate surface area is 193 Å². The molecule has 3 aromatic rings. The number of para-hydroxylation sites is 1. The number of carbonyl (C=O) groups is 2. The van der Waals surface area contributed by atoms with Gasteiger partial charge < -0.3 is 9.64 Å². The maximum Gasteiger partial charge on any atom is 0.339 e. The first-order valence-corrected chi connectivity index (χ1v) is 12.7. The van der Waals surface area contributed by atoms with E-state index in [0.29, 0.717) is 40.7 Å². The molecule has 1 saturated heterocycles. The smallest absolute Gasteiger partial charge is 0.339 e. The van der Waals surface area contributed by atoms with Crippen molar-refractivity contribution in [3.8, 4) is 11.3 Å². The van der Waals surface area contributed by atoms with Crippen molar-refractivity contribution in [3.05, 3.63) is 65.7 Å². The normalized spacial score (nSPS) is 17.1. The first-order valence-electron chi connectivity index (χ1n) is 10.9. The maximum absolute atomic E-state index is 13.2. The number of aromatic nitrogens is 1. The second-order valence-electron chi connectivity index (χ2n) is 8.16. The van der Waals surface area contributed by atoms with Gasteiger partial charge >= 0.3 is 5.97 Å². The first-order chi connectivity index (χ1) is 15.8. The number of ether oxygens (including phenoxy) is 1. The lowest BCUT2D eigenvalue weighted by Gasteiger charge is -2.26. The largest absolute Gasteiger partial charge is 0.452 e. The lowest BCUT2D eigenvalue weighted by molar-refractivity contribution is -0.136. The van der Waals surface area contributed by atoms with Crippen molar-refractivity contribution in [1.82, 2.24) is 9.88 Å². The van der Waals surface area contributed by atoms with Gasteiger partial charge in [0.1, 0.15) is 0 Å². The first kappa shape index (κ1) is 22.9. The molecule has 172 valence electrons. The number of nitrogens with zero attached hydrogens (tertiary/aromatic N) is 2. The van der Waals surface area contributed by atoms with Crippen LogP contribution in [0.1, 0.15) is 29.3 Å². The van der Waals surface area contributed by atoms with Crippen LogP contribution in [0.5, 0.6) is 0 Å². The lowest BCUT2D eigenvalue weighted by atomic mass is 9.98. The van der Waals surface area contributed by atoms with Crippen LogP contribution < -0.4 is 0 Å². The molecule has 4 rings (SSSR count). The summed E-state index contributed by atoms with van der Waals surface area (Å²) in [6.45, 7) is 3.52. The van der Waals surface area contributed by atoms with Crippen molar-refractivity contribution in [2.45, 2.75) is 26.3 Å². The fraction of sp³-hybridized carbons (Fsp3) is 0.320. The molecule has 0 aliphatic carbocycles. The third-order valence-corrected chi connectivity index (χ3v) is 7.77. The third kappa shape index (κ3) is 4.75. The number of sulfone groups is 1. The Balaban J connectivity index is 1.60. The van der Waals surface area contributed by atoms with Gasteiger partial charge in [0.15, 0.2) is 16.4 Å². The van der Waals surface area contributed by atoms with Crippen molar-refractivity contribution in [1.29, 1.82) is 0 Å². The summed E-state index contributed by atoms with van der Waals surface area (Å²) in [4.78, 5) is 32.2. The number of rotatable bonds is 6. The van der Waals surface area contributed by atoms with Gasteiger partial charge in [0.05, 0.1) is 28.3 Å². The number of esters is 1. The van der Waals surface area contributed by atoms with E-state index in [1.807, 2.05) is 61.5 Å². The van der Waals surface area contributed by atoms with Gasteiger partial charge in [-0.3, -0.25) is 4.79 Å². The van der Waals surface area contributed by atoms with Gasteiger partial charge in [-0.25, -0.2) is 18.2 Å². The molecule has 2 aromatic carbocycles. The highest BCUT2D eigenvalue weighted by Gasteiger charge is 2.34. The molecule has 2 heterocycles. The zero-order chi connectivity index (χ0) is 23.6. The fourth-order valence-electron chi connectivity index (χ4n) is 4.39. The molecule has 0 N–H and O–H groups in total. The van der Waals surface area contributed by atoms with Gasteiger partial charge in [-0.15, -0.1) is 0 Å². The van der Waals surface area contributed by atoms with Crippen molar-refractivity contribution in [3.63, 3.8) is 0 Å². The molecule has 1 aromatic heterocycles. The minimum absolute atomic E-state index is 0.0466. The van der Waals surface area contributed by atoms with Crippen LogP contribution in [0.15, 0.2) is 54.6 Å². The lowest BCUT2D eigenvalue weighted by Crippen LogP contribution is -2.43. The van der Waals surface area contributed by atoms with Crippen LogP contribution >= 0.6 is 0 Å². The van der Waals surface area contributed by atoms with Crippen LogP contribution in [0.3, 0.4) is 0 Å². The quantitative estimate of drug-likeness (QED) is 0.517. The summed E-state index contributed by atoms with van der Waals surface area (Å²) in [6, 6.07) is 16.5. The summed E-state index contributed by atoms with van der Waals surface area (Å²) in [7, 11) is -3.13. The number of fused-ring (bicyclic) bond motifs is 1. The number of benzene rings is 2. The molecule has 0 spiro atoms. The predicted octanol–water partition coefficient (Wildman–Crippen LogP) is 3.40. The van der Waals surface area contributed by atoms with Crippen LogP contribution in [0.25, 0.3) is 22.2 Å². The van der Waals surface area contributed by atoms with Crippen LogP contribution in [0, 0.1) is 6.92 Å². The topological polar surface area (TPSA) is 93.6 Å². The van der Waals surface area contributed by atoms with Crippen molar-refractivity contribution < 1.29 is 22.7 Å². The van der Waals surface area contributed by atoms with E-state index in [1.165, 1.54) is 4.90 Å². The van der Waals surface area contributed by atoms with Crippen molar-refractivity contribution in [2.75, 3.05) is 24.7 Å². The maximum atomic E-state index is 13.2. The second kappa shape index (κ2) is 9.31. The van der Waals surface area contributed by atoms with Gasteiger partial charge in [-0.1, -0.05) is 48.5 Å². The summed E-state index contributed by atoms with van der Waals surface area (Å²) in [5, 5.41) is 0.654. The zero-order valence-electron chi connectivity index (χ0n) is 18.7. The van der Waals surface area contributed by atoms with Gasteiger partial charge in [0.25, 0.3) is 5.91 Å². The third-order valence-electron chi connectivity index (χ3n) is 6.02. The Morgan fingerprint density at radius 1 is 1.09 bits per heavy atom. The Hall–Kier alpha value is -3.26. The molecule has 0 bridgehead atoms. The van der Waals surface area contributed by atoms with E-state index < -0.39 is 28.3 Å². The van der Waals surface area contributed by atoms with E-state index in [2.05, 4.69) is 0 Å². The summed E-state index contributed by atoms with van der Waals surface area (Å²) < 4.78 is 29.1. The molecule has 0 saturated carbocycles. The number of pyridine rings is 1. The van der Waals surface area contributed by atoms with Crippen LogP contribution in [0.4, 0.5) is 0 Å². The Morgan fingerprint density at radius 3 is 2.45 bits per heavy atom. The zero-order valence-corrected chi connectivity index (χ0v) is 19.5. The Kier molecular flexibility index (Phi) is 6.47. The molecule has 0 radical (unpaired) electrons. The predicted molar refractivity (Wildman–Crippen MR) is 127 cm³/mol. The highest BCUT2D eigenvalue weighted by Crippen LogP contribution is 2.30. The molecule has 1 fully saturated rings. The van der Waals surface area contributed by atoms with Gasteiger partial charge in [0.2, 0.25) is 0 Å². The molecule has 1 aliphatic heterocycles. The molecule has 33 heavy (non-hydrogen) atoms. The molecule has 7 nitrogen and oxygen atoms in total. The highest BCUT2D eigenvalue weighted by molar-refractivity contribution is 7.91. The van der Waals surface area contributed by atoms with E-state index in [0.717, 1.165) is 5.56 Å². The summed E-state index contributed by atoms with van der Waals surface area (Å²) in [6.07, 6.45) is 0.407. The monoisotopic (exact) mass is 466 g/mol. The van der Waals surface area contributed by atoms with Gasteiger partial charge in [-0.05, 0) is 31.9 Å². The number of hydrogen-bond donors (Lipinski definition) is 0. The molecule has 1 aliphatic rings. The summed E-state index contributed by atoms with van der Waals surface area (Å²) >= 11 is 0. The number of amides is 1. The van der Waals surface area contributed by atoms with E-state index in [9.17, 15) is 18.0 Å². The van der Waals surface area contributed by atoms with Crippen molar-refractivity contribution in [2.24, 2.45) is 0 Å². The Morgan fingerprint density at radius 2 is 1.79 bits per heavy atom. The average Bonchev–Trinajstić information content (AvgIpc) is 3.17.